The fraction of sp³-hybridized carbons (Fsp3) is 0.429. The Hall–Kier alpha value is -1.24. The van der Waals surface area contributed by atoms with Gasteiger partial charge in [-0.25, -0.2) is 0 Å². The summed E-state index contributed by atoms with van der Waals surface area (Å²) in [6.07, 6.45) is 5.92. The fourth-order valence-corrected chi connectivity index (χ4v) is 2.13. The molecule has 0 atom stereocenters. The molecule has 0 aliphatic heterocycles. The fourth-order valence-electron chi connectivity index (χ4n) is 2.13. The molecule has 2 rings (SSSR count). The SMILES string of the molecule is CC(C)CC=C1CCc2cc(N)ccc21. The van der Waals surface area contributed by atoms with Crippen LogP contribution < -0.4 is 5.73 Å². The molecule has 0 saturated carbocycles. The number of fused-ring (bicyclic) bond motifs is 1. The van der Waals surface area contributed by atoms with Crippen LogP contribution in [0.2, 0.25) is 0 Å². The molecule has 1 aliphatic rings. The van der Waals surface area contributed by atoms with Crippen molar-refractivity contribution in [3.05, 3.63) is 35.4 Å². The summed E-state index contributed by atoms with van der Waals surface area (Å²) >= 11 is 0. The summed E-state index contributed by atoms with van der Waals surface area (Å²) in [5, 5.41) is 0. The van der Waals surface area contributed by atoms with Gasteiger partial charge in [-0.05, 0) is 54.0 Å². The molecule has 1 aromatic carbocycles. The predicted molar refractivity (Wildman–Crippen MR) is 66.6 cm³/mol. The molecule has 0 spiro atoms. The van der Waals surface area contributed by atoms with Gasteiger partial charge in [-0.15, -0.1) is 0 Å². The van der Waals surface area contributed by atoms with Crippen LogP contribution in [0, 0.1) is 5.92 Å². The summed E-state index contributed by atoms with van der Waals surface area (Å²) in [5.74, 6) is 0.746. The summed E-state index contributed by atoms with van der Waals surface area (Å²) in [7, 11) is 0. The average Bonchev–Trinajstić information content (AvgIpc) is 2.57. The van der Waals surface area contributed by atoms with Crippen molar-refractivity contribution < 1.29 is 0 Å². The number of benzene rings is 1. The smallest absolute Gasteiger partial charge is 0.0317 e. The maximum absolute atomic E-state index is 5.78. The van der Waals surface area contributed by atoms with Gasteiger partial charge in [0.2, 0.25) is 0 Å². The average molecular weight is 201 g/mol. The van der Waals surface area contributed by atoms with Crippen molar-refractivity contribution in [1.82, 2.24) is 0 Å². The Morgan fingerprint density at radius 3 is 2.87 bits per heavy atom. The zero-order valence-corrected chi connectivity index (χ0v) is 9.59. The monoisotopic (exact) mass is 201 g/mol. The topological polar surface area (TPSA) is 26.0 Å². The van der Waals surface area contributed by atoms with E-state index in [1.165, 1.54) is 29.5 Å². The van der Waals surface area contributed by atoms with Gasteiger partial charge >= 0.3 is 0 Å². The van der Waals surface area contributed by atoms with Crippen LogP contribution >= 0.6 is 0 Å². The normalized spacial score (nSPS) is 17.4. The molecular formula is C14H19N. The Morgan fingerprint density at radius 2 is 2.13 bits per heavy atom. The predicted octanol–water partition coefficient (Wildman–Crippen LogP) is 3.64. The standard InChI is InChI=1S/C14H19N/c1-10(2)3-4-11-5-6-12-9-13(15)7-8-14(11)12/h4,7-10H,3,5-6,15H2,1-2H3. The van der Waals surface area contributed by atoms with Gasteiger partial charge in [0, 0.05) is 5.69 Å². The van der Waals surface area contributed by atoms with Crippen molar-refractivity contribution in [2.24, 2.45) is 5.92 Å². The molecule has 0 saturated heterocycles. The van der Waals surface area contributed by atoms with E-state index in [1.807, 2.05) is 6.07 Å². The summed E-state index contributed by atoms with van der Waals surface area (Å²) in [6.45, 7) is 4.52. The summed E-state index contributed by atoms with van der Waals surface area (Å²) in [4.78, 5) is 0. The Bertz CT molecular complexity index is 388. The second-order valence-electron chi connectivity index (χ2n) is 4.78. The molecule has 1 aliphatic carbocycles. The molecule has 0 unspecified atom stereocenters. The van der Waals surface area contributed by atoms with Crippen molar-refractivity contribution >= 4 is 11.3 Å². The van der Waals surface area contributed by atoms with E-state index < -0.39 is 0 Å². The Morgan fingerprint density at radius 1 is 1.33 bits per heavy atom. The summed E-state index contributed by atoms with van der Waals surface area (Å²) in [6, 6.07) is 6.29. The van der Waals surface area contributed by atoms with E-state index in [2.05, 4.69) is 32.1 Å². The van der Waals surface area contributed by atoms with Gasteiger partial charge < -0.3 is 5.73 Å². The molecule has 80 valence electrons. The number of rotatable bonds is 2. The van der Waals surface area contributed by atoms with Crippen molar-refractivity contribution in [2.75, 3.05) is 5.73 Å². The first-order valence-electron chi connectivity index (χ1n) is 5.74. The minimum Gasteiger partial charge on any atom is -0.399 e. The zero-order chi connectivity index (χ0) is 10.8. The van der Waals surface area contributed by atoms with Gasteiger partial charge in [0.15, 0.2) is 0 Å². The van der Waals surface area contributed by atoms with E-state index in [4.69, 9.17) is 5.73 Å². The van der Waals surface area contributed by atoms with E-state index in [0.29, 0.717) is 0 Å². The molecule has 0 amide bonds. The third kappa shape index (κ3) is 2.23. The highest BCUT2D eigenvalue weighted by atomic mass is 14.5. The van der Waals surface area contributed by atoms with Crippen molar-refractivity contribution in [3.63, 3.8) is 0 Å². The van der Waals surface area contributed by atoms with Crippen molar-refractivity contribution in [2.45, 2.75) is 33.1 Å². The number of hydrogen-bond acceptors (Lipinski definition) is 1. The van der Waals surface area contributed by atoms with Gasteiger partial charge in [-0.1, -0.05) is 26.0 Å². The van der Waals surface area contributed by atoms with Gasteiger partial charge in [-0.3, -0.25) is 0 Å². The molecule has 15 heavy (non-hydrogen) atoms. The lowest BCUT2D eigenvalue weighted by atomic mass is 10.0. The van der Waals surface area contributed by atoms with Crippen LogP contribution in [0.25, 0.3) is 5.57 Å². The lowest BCUT2D eigenvalue weighted by Crippen LogP contribution is -1.88. The first-order valence-corrected chi connectivity index (χ1v) is 5.74. The highest BCUT2D eigenvalue weighted by Crippen LogP contribution is 2.33. The lowest BCUT2D eigenvalue weighted by molar-refractivity contribution is 0.664. The van der Waals surface area contributed by atoms with Crippen LogP contribution in [0.4, 0.5) is 5.69 Å². The van der Waals surface area contributed by atoms with E-state index in [1.54, 1.807) is 0 Å². The van der Waals surface area contributed by atoms with Gasteiger partial charge in [0.25, 0.3) is 0 Å². The molecule has 0 heterocycles. The van der Waals surface area contributed by atoms with Crippen molar-refractivity contribution in [1.29, 1.82) is 0 Å². The quantitative estimate of drug-likeness (QED) is 0.726. The van der Waals surface area contributed by atoms with E-state index in [9.17, 15) is 0 Å². The molecule has 2 N–H and O–H groups in total. The van der Waals surface area contributed by atoms with Gasteiger partial charge in [-0.2, -0.15) is 0 Å². The summed E-state index contributed by atoms with van der Waals surface area (Å²) < 4.78 is 0. The Labute approximate surface area is 92.0 Å². The van der Waals surface area contributed by atoms with Crippen molar-refractivity contribution in [3.8, 4) is 0 Å². The third-order valence-electron chi connectivity index (χ3n) is 2.97. The second kappa shape index (κ2) is 4.09. The van der Waals surface area contributed by atoms with Crippen LogP contribution in [-0.2, 0) is 6.42 Å². The molecular weight excluding hydrogens is 182 g/mol. The number of hydrogen-bond donors (Lipinski definition) is 1. The third-order valence-corrected chi connectivity index (χ3v) is 2.97. The first-order chi connectivity index (χ1) is 7.16. The minimum absolute atomic E-state index is 0.746. The van der Waals surface area contributed by atoms with Gasteiger partial charge in [0.1, 0.15) is 0 Å². The minimum atomic E-state index is 0.746. The lowest BCUT2D eigenvalue weighted by Gasteiger charge is -2.04. The molecule has 0 fully saturated rings. The van der Waals surface area contributed by atoms with E-state index >= 15 is 0 Å². The van der Waals surface area contributed by atoms with Gasteiger partial charge in [0.05, 0.1) is 0 Å². The van der Waals surface area contributed by atoms with Crippen LogP contribution in [0.5, 0.6) is 0 Å². The highest BCUT2D eigenvalue weighted by molar-refractivity contribution is 5.74. The molecule has 0 radical (unpaired) electrons. The number of allylic oxidation sites excluding steroid dienone is 2. The Balaban J connectivity index is 2.25. The van der Waals surface area contributed by atoms with E-state index in [-0.39, 0.29) is 0 Å². The Kier molecular flexibility index (Phi) is 2.81. The summed E-state index contributed by atoms with van der Waals surface area (Å²) in [5.41, 5.74) is 11.0. The van der Waals surface area contributed by atoms with E-state index in [0.717, 1.165) is 18.0 Å². The molecule has 0 bridgehead atoms. The second-order valence-corrected chi connectivity index (χ2v) is 4.78. The largest absolute Gasteiger partial charge is 0.399 e. The highest BCUT2D eigenvalue weighted by Gasteiger charge is 2.15. The van der Waals surface area contributed by atoms with Crippen LogP contribution in [0.1, 0.15) is 37.8 Å². The van der Waals surface area contributed by atoms with Crippen LogP contribution in [-0.4, -0.2) is 0 Å². The van der Waals surface area contributed by atoms with Crippen LogP contribution in [0.15, 0.2) is 24.3 Å². The number of aryl methyl sites for hydroxylation is 1. The zero-order valence-electron chi connectivity index (χ0n) is 9.59. The van der Waals surface area contributed by atoms with Crippen LogP contribution in [0.3, 0.4) is 0 Å². The molecule has 1 nitrogen and oxygen atoms in total. The maximum Gasteiger partial charge on any atom is 0.0317 e. The number of nitrogens with two attached hydrogens (primary N) is 1. The number of anilines is 1. The molecule has 1 heteroatoms. The molecule has 0 aromatic heterocycles. The maximum atomic E-state index is 5.78. The number of nitrogen functional groups attached to an aromatic ring is 1. The molecule has 1 aromatic rings. The first kappa shape index (κ1) is 10.3.